The molecule has 0 unspecified atom stereocenters. The van der Waals surface area contributed by atoms with Gasteiger partial charge in [-0.25, -0.2) is 9.59 Å². The smallest absolute Gasteiger partial charge is 0.475 e. The number of rotatable bonds is 7. The SMILES string of the molecule is CN(C)C(=N)N=C(N)N.Cl.O=C(CN[C@@H]1CCNC1)N1CCC[C@H]1B(O)O.O=C(O)[C@H](O)[C@@H](O)C(=O)O. The number of aliphatic imine (C=N–C) groups is 1. The number of nitrogens with two attached hydrogens (primary N) is 2. The number of nitrogens with zero attached hydrogens (tertiary/aromatic N) is 3. The molecular formula is C18H38BClN8O9. The lowest BCUT2D eigenvalue weighted by Crippen LogP contribution is -2.49. The first-order chi connectivity index (χ1) is 16.7. The number of likely N-dealkylation sites (tertiary alicyclic amines) is 1. The van der Waals surface area contributed by atoms with Crippen molar-refractivity contribution in [1.82, 2.24) is 20.4 Å². The minimum atomic E-state index is -2.27. The first-order valence-electron chi connectivity index (χ1n) is 11.0. The van der Waals surface area contributed by atoms with E-state index in [1.54, 1.807) is 19.0 Å². The number of carbonyl (C=O) groups is 3. The number of carbonyl (C=O) groups excluding carboxylic acids is 1. The monoisotopic (exact) mass is 556 g/mol. The van der Waals surface area contributed by atoms with E-state index in [-0.39, 0.29) is 36.8 Å². The molecule has 0 spiro atoms. The maximum Gasteiger partial charge on any atom is 0.475 e. The van der Waals surface area contributed by atoms with Gasteiger partial charge in [-0.05, 0) is 25.8 Å². The minimum absolute atomic E-state index is 0. The van der Waals surface area contributed by atoms with Crippen molar-refractivity contribution in [1.29, 1.82) is 5.41 Å². The summed E-state index contributed by atoms with van der Waals surface area (Å²) in [6.07, 6.45) is -1.97. The molecular weight excluding hydrogens is 519 g/mol. The molecule has 214 valence electrons. The summed E-state index contributed by atoms with van der Waals surface area (Å²) in [5, 5.41) is 64.4. The highest BCUT2D eigenvalue weighted by molar-refractivity contribution is 6.43. The quantitative estimate of drug-likeness (QED) is 0.0795. The largest absolute Gasteiger partial charge is 0.479 e. The maximum atomic E-state index is 11.9. The number of amides is 1. The Morgan fingerprint density at radius 2 is 1.70 bits per heavy atom. The van der Waals surface area contributed by atoms with Crippen LogP contribution in [-0.2, 0) is 14.4 Å². The molecule has 1 amide bonds. The Balaban J connectivity index is 0. The van der Waals surface area contributed by atoms with E-state index in [0.717, 1.165) is 25.9 Å². The normalized spacial score (nSPS) is 19.5. The lowest BCUT2D eigenvalue weighted by atomic mass is 9.78. The Kier molecular flexibility index (Phi) is 18.2. The molecule has 2 fully saturated rings. The van der Waals surface area contributed by atoms with Gasteiger partial charge in [0.15, 0.2) is 18.2 Å². The Labute approximate surface area is 220 Å². The molecule has 0 saturated carbocycles. The molecule has 37 heavy (non-hydrogen) atoms. The fourth-order valence-corrected chi connectivity index (χ4v) is 3.07. The number of carboxylic acids is 2. The summed E-state index contributed by atoms with van der Waals surface area (Å²) in [6, 6.07) is 0.360. The van der Waals surface area contributed by atoms with Crippen molar-refractivity contribution in [3.63, 3.8) is 0 Å². The number of aliphatic hydroxyl groups is 2. The number of nitrogens with one attached hydrogen (secondary N) is 3. The molecule has 0 aromatic heterocycles. The highest BCUT2D eigenvalue weighted by Gasteiger charge is 2.36. The lowest BCUT2D eigenvalue weighted by Gasteiger charge is -2.24. The Morgan fingerprint density at radius 1 is 1.16 bits per heavy atom. The summed E-state index contributed by atoms with van der Waals surface area (Å²) in [4.78, 5) is 38.0. The average molecular weight is 557 g/mol. The van der Waals surface area contributed by atoms with E-state index < -0.39 is 37.2 Å². The Bertz CT molecular complexity index is 749. The topological polar surface area (TPSA) is 291 Å². The van der Waals surface area contributed by atoms with E-state index in [9.17, 15) is 24.4 Å². The first-order valence-corrected chi connectivity index (χ1v) is 11.0. The van der Waals surface area contributed by atoms with Gasteiger partial charge in [-0.1, -0.05) is 0 Å². The van der Waals surface area contributed by atoms with Crippen LogP contribution in [0.4, 0.5) is 0 Å². The third-order valence-electron chi connectivity index (χ3n) is 5.03. The molecule has 0 radical (unpaired) electrons. The van der Waals surface area contributed by atoms with Crippen LogP contribution in [0.1, 0.15) is 19.3 Å². The number of hydrogen-bond acceptors (Lipinski definition) is 10. The summed E-state index contributed by atoms with van der Waals surface area (Å²) in [5.74, 6) is -4.04. The number of carboxylic acid groups (broad SMARTS) is 2. The zero-order valence-corrected chi connectivity index (χ0v) is 21.5. The molecule has 0 aromatic carbocycles. The zero-order valence-electron chi connectivity index (χ0n) is 20.6. The molecule has 2 rings (SSSR count). The van der Waals surface area contributed by atoms with Gasteiger partial charge in [0.1, 0.15) is 0 Å². The van der Waals surface area contributed by atoms with Gasteiger partial charge in [0.2, 0.25) is 11.9 Å². The molecule has 0 bridgehead atoms. The molecule has 2 aliphatic heterocycles. The Morgan fingerprint density at radius 3 is 2.05 bits per heavy atom. The van der Waals surface area contributed by atoms with E-state index in [2.05, 4.69) is 15.6 Å². The second-order valence-corrected chi connectivity index (χ2v) is 8.10. The van der Waals surface area contributed by atoms with E-state index in [4.69, 9.17) is 37.3 Å². The van der Waals surface area contributed by atoms with Gasteiger partial charge >= 0.3 is 19.1 Å². The van der Waals surface area contributed by atoms with Gasteiger partial charge < -0.3 is 62.4 Å². The lowest BCUT2D eigenvalue weighted by molar-refractivity contribution is -0.165. The summed E-state index contributed by atoms with van der Waals surface area (Å²) in [7, 11) is 1.96. The van der Waals surface area contributed by atoms with Gasteiger partial charge in [0.05, 0.1) is 12.5 Å². The summed E-state index contributed by atoms with van der Waals surface area (Å²) in [6.45, 7) is 2.81. The van der Waals surface area contributed by atoms with E-state index in [0.29, 0.717) is 19.0 Å². The van der Waals surface area contributed by atoms with Crippen molar-refractivity contribution in [3.05, 3.63) is 0 Å². The standard InChI is InChI=1S/C10H20BN3O3.C4H11N5.C4H6O6.ClH/c15-10(7-13-8-3-4-12-6-8)14-5-1-2-9(14)11(16)17;1-9(2)4(7)8-3(5)6;5-1(3(7)8)2(6)4(9)10;/h8-9,12-13,16-17H,1-7H2;1-2H3,(H5,5,6,7,8);1-2,5-6H,(H,7,8)(H,9,10);1H/t8-,9+;;1-,2-;/m1.1./s1. The van der Waals surface area contributed by atoms with Gasteiger partial charge in [-0.2, -0.15) is 4.99 Å². The molecule has 2 aliphatic rings. The number of aliphatic hydroxyl groups excluding tert-OH is 2. The van der Waals surface area contributed by atoms with Crippen LogP contribution in [-0.4, -0.2) is 142 Å². The number of halogens is 1. The van der Waals surface area contributed by atoms with Crippen LogP contribution in [0.15, 0.2) is 4.99 Å². The molecule has 0 aliphatic carbocycles. The van der Waals surface area contributed by atoms with Crippen LogP contribution in [0.25, 0.3) is 0 Å². The molecule has 19 heteroatoms. The fourth-order valence-electron chi connectivity index (χ4n) is 3.07. The summed E-state index contributed by atoms with van der Waals surface area (Å²) >= 11 is 0. The first kappa shape index (κ1) is 36.4. The van der Waals surface area contributed by atoms with Crippen LogP contribution < -0.4 is 22.1 Å². The van der Waals surface area contributed by atoms with Gasteiger partial charge in [-0.3, -0.25) is 10.2 Å². The average Bonchev–Trinajstić information content (AvgIpc) is 3.48. The molecule has 0 aromatic rings. The van der Waals surface area contributed by atoms with Gasteiger partial charge in [0, 0.05) is 33.2 Å². The summed E-state index contributed by atoms with van der Waals surface area (Å²) in [5.41, 5.74) is 9.98. The molecule has 13 N–H and O–H groups in total. The van der Waals surface area contributed by atoms with Crippen LogP contribution >= 0.6 is 12.4 Å². The van der Waals surface area contributed by atoms with E-state index in [1.165, 1.54) is 4.90 Å². The van der Waals surface area contributed by atoms with Crippen LogP contribution in [0, 0.1) is 5.41 Å². The zero-order chi connectivity index (χ0) is 28.0. The van der Waals surface area contributed by atoms with E-state index in [1.807, 2.05) is 0 Å². The third kappa shape index (κ3) is 14.6. The van der Waals surface area contributed by atoms with Crippen molar-refractivity contribution < 1.29 is 44.9 Å². The maximum absolute atomic E-state index is 11.9. The second-order valence-electron chi connectivity index (χ2n) is 8.10. The van der Waals surface area contributed by atoms with Gasteiger partial charge in [-0.15, -0.1) is 12.4 Å². The summed E-state index contributed by atoms with van der Waals surface area (Å²) < 4.78 is 0. The number of guanidine groups is 2. The van der Waals surface area contributed by atoms with Crippen LogP contribution in [0.3, 0.4) is 0 Å². The highest BCUT2D eigenvalue weighted by Crippen LogP contribution is 2.17. The van der Waals surface area contributed by atoms with Crippen molar-refractivity contribution in [2.45, 2.75) is 43.5 Å². The van der Waals surface area contributed by atoms with Crippen LogP contribution in [0.5, 0.6) is 0 Å². The second kappa shape index (κ2) is 18.5. The van der Waals surface area contributed by atoms with Crippen molar-refractivity contribution in [3.8, 4) is 0 Å². The Hall–Kier alpha value is -2.74. The van der Waals surface area contributed by atoms with Crippen molar-refractivity contribution in [2.75, 3.05) is 40.3 Å². The molecule has 17 nitrogen and oxygen atoms in total. The van der Waals surface area contributed by atoms with E-state index >= 15 is 0 Å². The number of aliphatic carboxylic acids is 2. The minimum Gasteiger partial charge on any atom is -0.479 e. The molecule has 2 heterocycles. The number of hydrogen-bond donors (Lipinski definition) is 11. The predicted octanol–water partition coefficient (Wildman–Crippen LogP) is -5.00. The highest BCUT2D eigenvalue weighted by atomic mass is 35.5. The predicted molar refractivity (Wildman–Crippen MR) is 136 cm³/mol. The van der Waals surface area contributed by atoms with Crippen molar-refractivity contribution >= 4 is 49.3 Å². The molecule has 2 saturated heterocycles. The van der Waals surface area contributed by atoms with Crippen LogP contribution in [0.2, 0.25) is 0 Å². The third-order valence-corrected chi connectivity index (χ3v) is 5.03. The van der Waals surface area contributed by atoms with Gasteiger partial charge in [0.25, 0.3) is 0 Å². The molecule has 4 atom stereocenters. The van der Waals surface area contributed by atoms with Crippen molar-refractivity contribution in [2.24, 2.45) is 16.5 Å². The fraction of sp³-hybridized carbons (Fsp3) is 0.722.